The number of nitrogens with two attached hydrogens (primary N) is 1. The van der Waals surface area contributed by atoms with E-state index in [1.807, 2.05) is 12.1 Å². The topological polar surface area (TPSA) is 38.5 Å². The minimum Gasteiger partial charge on any atom is -0.491 e. The zero-order chi connectivity index (χ0) is 13.0. The largest absolute Gasteiger partial charge is 0.491 e. The summed E-state index contributed by atoms with van der Waals surface area (Å²) in [7, 11) is 0. The average molecular weight is 248 g/mol. The van der Waals surface area contributed by atoms with Crippen LogP contribution in [-0.2, 0) is 0 Å². The summed E-state index contributed by atoms with van der Waals surface area (Å²) in [5.74, 6) is 1.64. The molecule has 1 aromatic rings. The Labute approximate surface area is 110 Å². The van der Waals surface area contributed by atoms with Gasteiger partial charge in [0.25, 0.3) is 0 Å². The molecule has 1 fully saturated rings. The Bertz CT molecular complexity index is 392. The van der Waals surface area contributed by atoms with Crippen LogP contribution in [0.2, 0.25) is 0 Å². The molecule has 1 unspecified atom stereocenters. The first kappa shape index (κ1) is 13.1. The maximum atomic E-state index is 6.22. The number of nitrogen functional groups attached to an aromatic ring is 1. The lowest BCUT2D eigenvalue weighted by Crippen LogP contribution is -2.21. The fourth-order valence-electron chi connectivity index (χ4n) is 2.53. The highest BCUT2D eigenvalue weighted by molar-refractivity contribution is 5.74. The van der Waals surface area contributed by atoms with Crippen LogP contribution in [0.5, 0.6) is 5.75 Å². The Morgan fingerprint density at radius 1 is 1.39 bits per heavy atom. The number of benzene rings is 1. The molecule has 3 nitrogen and oxygen atoms in total. The van der Waals surface area contributed by atoms with Crippen LogP contribution in [0.15, 0.2) is 18.2 Å². The Morgan fingerprint density at radius 3 is 2.89 bits per heavy atom. The third-order valence-corrected chi connectivity index (χ3v) is 3.71. The van der Waals surface area contributed by atoms with Crippen LogP contribution in [-0.4, -0.2) is 19.7 Å². The summed E-state index contributed by atoms with van der Waals surface area (Å²) in [4.78, 5) is 2.39. The molecule has 0 aliphatic carbocycles. The first-order chi connectivity index (χ1) is 8.76. The van der Waals surface area contributed by atoms with Crippen molar-refractivity contribution in [3.63, 3.8) is 0 Å². The molecular weight excluding hydrogens is 224 g/mol. The Balaban J connectivity index is 2.13. The zero-order valence-electron chi connectivity index (χ0n) is 11.5. The van der Waals surface area contributed by atoms with Gasteiger partial charge >= 0.3 is 0 Å². The van der Waals surface area contributed by atoms with E-state index in [0.717, 1.165) is 49.2 Å². The summed E-state index contributed by atoms with van der Waals surface area (Å²) in [5.41, 5.74) is 8.16. The van der Waals surface area contributed by atoms with Crippen molar-refractivity contribution in [2.75, 3.05) is 30.3 Å². The molecule has 100 valence electrons. The van der Waals surface area contributed by atoms with Gasteiger partial charge in [0, 0.05) is 13.1 Å². The fourth-order valence-corrected chi connectivity index (χ4v) is 2.53. The highest BCUT2D eigenvalue weighted by atomic mass is 16.5. The van der Waals surface area contributed by atoms with Crippen molar-refractivity contribution in [1.82, 2.24) is 0 Å². The summed E-state index contributed by atoms with van der Waals surface area (Å²) in [6, 6.07) is 6.10. The number of ether oxygens (including phenoxy) is 1. The Morgan fingerprint density at radius 2 is 2.22 bits per heavy atom. The lowest BCUT2D eigenvalue weighted by molar-refractivity contribution is 0.319. The van der Waals surface area contributed by atoms with Crippen molar-refractivity contribution in [2.45, 2.75) is 33.1 Å². The van der Waals surface area contributed by atoms with Crippen molar-refractivity contribution in [3.8, 4) is 5.75 Å². The van der Waals surface area contributed by atoms with Gasteiger partial charge in [0.05, 0.1) is 18.0 Å². The van der Waals surface area contributed by atoms with Gasteiger partial charge in [0.1, 0.15) is 5.75 Å². The van der Waals surface area contributed by atoms with Gasteiger partial charge in [-0.15, -0.1) is 0 Å². The standard InChI is InChI=1S/C15H24N2O/c1-3-10-18-14-7-5-6-13(15(14)16)17-9-8-12(4-2)11-17/h5-7,12H,3-4,8-11,16H2,1-2H3. The number of rotatable bonds is 5. The van der Waals surface area contributed by atoms with Crippen LogP contribution >= 0.6 is 0 Å². The van der Waals surface area contributed by atoms with Crippen molar-refractivity contribution < 1.29 is 4.74 Å². The van der Waals surface area contributed by atoms with E-state index in [0.29, 0.717) is 0 Å². The SMILES string of the molecule is CCCOc1cccc(N2CCC(CC)C2)c1N. The average Bonchev–Trinajstić information content (AvgIpc) is 2.86. The van der Waals surface area contributed by atoms with Crippen LogP contribution in [0, 0.1) is 5.92 Å². The molecule has 0 saturated carbocycles. The number of nitrogens with zero attached hydrogens (tertiary/aromatic N) is 1. The molecular formula is C15H24N2O. The summed E-state index contributed by atoms with van der Waals surface area (Å²) < 4.78 is 5.69. The van der Waals surface area contributed by atoms with Crippen molar-refractivity contribution in [2.24, 2.45) is 5.92 Å². The third kappa shape index (κ3) is 2.71. The van der Waals surface area contributed by atoms with Crippen LogP contribution in [0.3, 0.4) is 0 Å². The molecule has 1 aliphatic heterocycles. The predicted octanol–water partition coefficient (Wildman–Crippen LogP) is 3.29. The number of para-hydroxylation sites is 1. The van der Waals surface area contributed by atoms with Crippen molar-refractivity contribution in [3.05, 3.63) is 18.2 Å². The van der Waals surface area contributed by atoms with Gasteiger partial charge < -0.3 is 15.4 Å². The van der Waals surface area contributed by atoms with Crippen LogP contribution < -0.4 is 15.4 Å². The summed E-state index contributed by atoms with van der Waals surface area (Å²) in [5, 5.41) is 0. The molecule has 0 bridgehead atoms. The summed E-state index contributed by atoms with van der Waals surface area (Å²) >= 11 is 0. The number of hydrogen-bond acceptors (Lipinski definition) is 3. The highest BCUT2D eigenvalue weighted by Crippen LogP contribution is 2.35. The van der Waals surface area contributed by atoms with E-state index in [9.17, 15) is 0 Å². The molecule has 1 atom stereocenters. The molecule has 0 amide bonds. The maximum absolute atomic E-state index is 6.22. The van der Waals surface area contributed by atoms with E-state index in [1.54, 1.807) is 0 Å². The monoisotopic (exact) mass is 248 g/mol. The molecule has 1 aromatic carbocycles. The van der Waals surface area contributed by atoms with Gasteiger partial charge in [-0.25, -0.2) is 0 Å². The quantitative estimate of drug-likeness (QED) is 0.813. The van der Waals surface area contributed by atoms with E-state index in [-0.39, 0.29) is 0 Å². The van der Waals surface area contributed by atoms with Crippen molar-refractivity contribution >= 4 is 11.4 Å². The lowest BCUT2D eigenvalue weighted by atomic mass is 10.1. The van der Waals surface area contributed by atoms with E-state index in [4.69, 9.17) is 10.5 Å². The van der Waals surface area contributed by atoms with Gasteiger partial charge in [0.2, 0.25) is 0 Å². The lowest BCUT2D eigenvalue weighted by Gasteiger charge is -2.22. The second-order valence-corrected chi connectivity index (χ2v) is 5.05. The summed E-state index contributed by atoms with van der Waals surface area (Å²) in [6.45, 7) is 7.33. The minimum absolute atomic E-state index is 0.727. The summed E-state index contributed by atoms with van der Waals surface area (Å²) in [6.07, 6.45) is 3.53. The van der Waals surface area contributed by atoms with E-state index in [1.165, 1.54) is 12.8 Å². The first-order valence-electron chi connectivity index (χ1n) is 7.02. The van der Waals surface area contributed by atoms with Crippen molar-refractivity contribution in [1.29, 1.82) is 0 Å². The molecule has 1 saturated heterocycles. The highest BCUT2D eigenvalue weighted by Gasteiger charge is 2.23. The second-order valence-electron chi connectivity index (χ2n) is 5.05. The Hall–Kier alpha value is -1.38. The predicted molar refractivity (Wildman–Crippen MR) is 77.3 cm³/mol. The minimum atomic E-state index is 0.727. The smallest absolute Gasteiger partial charge is 0.144 e. The van der Waals surface area contributed by atoms with Gasteiger partial charge in [-0.2, -0.15) is 0 Å². The van der Waals surface area contributed by atoms with Crippen LogP contribution in [0.4, 0.5) is 11.4 Å². The molecule has 0 spiro atoms. The van der Waals surface area contributed by atoms with Crippen LogP contribution in [0.1, 0.15) is 33.1 Å². The third-order valence-electron chi connectivity index (χ3n) is 3.71. The van der Waals surface area contributed by atoms with Crippen LogP contribution in [0.25, 0.3) is 0 Å². The normalized spacial score (nSPS) is 19.2. The molecule has 3 heteroatoms. The number of hydrogen-bond donors (Lipinski definition) is 1. The van der Waals surface area contributed by atoms with Gasteiger partial charge in [-0.05, 0) is 30.9 Å². The first-order valence-corrected chi connectivity index (χ1v) is 7.02. The van der Waals surface area contributed by atoms with Gasteiger partial charge in [0.15, 0.2) is 0 Å². The zero-order valence-corrected chi connectivity index (χ0v) is 11.5. The van der Waals surface area contributed by atoms with E-state index < -0.39 is 0 Å². The molecule has 0 radical (unpaired) electrons. The molecule has 1 aliphatic rings. The second kappa shape index (κ2) is 5.98. The molecule has 1 heterocycles. The number of anilines is 2. The van der Waals surface area contributed by atoms with Gasteiger partial charge in [-0.1, -0.05) is 26.3 Å². The fraction of sp³-hybridized carbons (Fsp3) is 0.600. The molecule has 2 rings (SSSR count). The van der Waals surface area contributed by atoms with E-state index >= 15 is 0 Å². The van der Waals surface area contributed by atoms with Gasteiger partial charge in [-0.3, -0.25) is 0 Å². The maximum Gasteiger partial charge on any atom is 0.144 e. The van der Waals surface area contributed by atoms with E-state index in [2.05, 4.69) is 24.8 Å². The Kier molecular flexibility index (Phi) is 4.34. The molecule has 2 N–H and O–H groups in total. The molecule has 0 aromatic heterocycles. The molecule has 18 heavy (non-hydrogen) atoms.